The zero-order chi connectivity index (χ0) is 14.7. The van der Waals surface area contributed by atoms with Gasteiger partial charge in [0, 0.05) is 30.5 Å². The van der Waals surface area contributed by atoms with Gasteiger partial charge >= 0.3 is 0 Å². The van der Waals surface area contributed by atoms with Crippen LogP contribution in [0.25, 0.3) is 10.8 Å². The first-order chi connectivity index (χ1) is 10.3. The van der Waals surface area contributed by atoms with Crippen LogP contribution in [0.1, 0.15) is 11.1 Å². The van der Waals surface area contributed by atoms with Crippen LogP contribution in [0.5, 0.6) is 5.75 Å². The number of benzene rings is 1. The van der Waals surface area contributed by atoms with Crippen molar-refractivity contribution in [2.45, 2.75) is 13.5 Å². The Labute approximate surface area is 123 Å². The molecule has 0 saturated carbocycles. The lowest BCUT2D eigenvalue weighted by molar-refractivity contribution is 0.415. The molecule has 3 rings (SSSR count). The Morgan fingerprint density at radius 3 is 2.86 bits per heavy atom. The summed E-state index contributed by atoms with van der Waals surface area (Å²) < 4.78 is 5.30. The molecular weight excluding hydrogens is 262 g/mol. The Morgan fingerprint density at radius 1 is 1.14 bits per heavy atom. The van der Waals surface area contributed by atoms with E-state index >= 15 is 0 Å². The number of nitrogens with one attached hydrogen (secondary N) is 1. The highest BCUT2D eigenvalue weighted by Gasteiger charge is 2.05. The number of nitrogens with zero attached hydrogens (tertiary/aromatic N) is 2. The van der Waals surface area contributed by atoms with Crippen molar-refractivity contribution >= 4 is 16.6 Å². The molecular formula is C17H17N3O. The fourth-order valence-electron chi connectivity index (χ4n) is 2.29. The second-order valence-corrected chi connectivity index (χ2v) is 4.90. The predicted molar refractivity (Wildman–Crippen MR) is 84.6 cm³/mol. The smallest absolute Gasteiger partial charge is 0.134 e. The maximum absolute atomic E-state index is 5.30. The van der Waals surface area contributed by atoms with Crippen LogP contribution >= 0.6 is 0 Å². The monoisotopic (exact) mass is 279 g/mol. The summed E-state index contributed by atoms with van der Waals surface area (Å²) in [6.45, 7) is 2.78. The molecule has 0 saturated heterocycles. The zero-order valence-electron chi connectivity index (χ0n) is 12.1. The van der Waals surface area contributed by atoms with E-state index in [0.717, 1.165) is 28.9 Å². The third-order valence-corrected chi connectivity index (χ3v) is 3.56. The van der Waals surface area contributed by atoms with Crippen LogP contribution in [-0.4, -0.2) is 17.1 Å². The first-order valence-corrected chi connectivity index (χ1v) is 6.84. The van der Waals surface area contributed by atoms with Crippen LogP contribution in [0.2, 0.25) is 0 Å². The van der Waals surface area contributed by atoms with Gasteiger partial charge in [0.2, 0.25) is 0 Å². The molecule has 21 heavy (non-hydrogen) atoms. The minimum Gasteiger partial charge on any atom is -0.497 e. The first-order valence-electron chi connectivity index (χ1n) is 6.84. The van der Waals surface area contributed by atoms with Gasteiger partial charge in [-0.2, -0.15) is 0 Å². The summed E-state index contributed by atoms with van der Waals surface area (Å²) in [6.07, 6.45) is 5.50. The molecule has 2 aromatic heterocycles. The number of anilines is 1. The van der Waals surface area contributed by atoms with Crippen molar-refractivity contribution < 1.29 is 4.74 Å². The molecule has 0 amide bonds. The number of aryl methyl sites for hydroxylation is 1. The van der Waals surface area contributed by atoms with Gasteiger partial charge in [0.15, 0.2) is 0 Å². The Morgan fingerprint density at radius 2 is 2.05 bits per heavy atom. The zero-order valence-corrected chi connectivity index (χ0v) is 12.1. The molecule has 0 bridgehead atoms. The molecule has 2 heterocycles. The Kier molecular flexibility index (Phi) is 3.69. The van der Waals surface area contributed by atoms with E-state index in [1.165, 1.54) is 11.1 Å². The summed E-state index contributed by atoms with van der Waals surface area (Å²) in [5, 5.41) is 5.60. The third kappa shape index (κ3) is 2.79. The average molecular weight is 279 g/mol. The number of hydrogen-bond acceptors (Lipinski definition) is 4. The number of pyridine rings is 2. The van der Waals surface area contributed by atoms with Gasteiger partial charge in [-0.15, -0.1) is 0 Å². The van der Waals surface area contributed by atoms with Gasteiger partial charge in [0.05, 0.1) is 7.11 Å². The molecule has 0 unspecified atom stereocenters. The Balaban J connectivity index is 1.91. The molecule has 1 aromatic carbocycles. The summed E-state index contributed by atoms with van der Waals surface area (Å²) in [7, 11) is 1.67. The van der Waals surface area contributed by atoms with Crippen molar-refractivity contribution in [3.05, 3.63) is 60.0 Å². The Bertz CT molecular complexity index is 771. The van der Waals surface area contributed by atoms with Gasteiger partial charge in [-0.3, -0.25) is 4.98 Å². The number of hydrogen-bond donors (Lipinski definition) is 1. The highest BCUT2D eigenvalue weighted by molar-refractivity contribution is 5.92. The molecule has 4 heteroatoms. The minimum absolute atomic E-state index is 0.720. The molecule has 0 aliphatic carbocycles. The molecule has 0 radical (unpaired) electrons. The maximum atomic E-state index is 5.30. The van der Waals surface area contributed by atoms with E-state index in [2.05, 4.69) is 22.2 Å². The van der Waals surface area contributed by atoms with E-state index in [-0.39, 0.29) is 0 Å². The van der Waals surface area contributed by atoms with E-state index in [1.54, 1.807) is 7.11 Å². The largest absolute Gasteiger partial charge is 0.497 e. The van der Waals surface area contributed by atoms with Crippen LogP contribution < -0.4 is 10.1 Å². The molecule has 106 valence electrons. The number of methoxy groups -OCH3 is 1. The lowest BCUT2D eigenvalue weighted by atomic mass is 10.1. The van der Waals surface area contributed by atoms with E-state index in [9.17, 15) is 0 Å². The van der Waals surface area contributed by atoms with Crippen LogP contribution in [0.4, 0.5) is 5.82 Å². The second-order valence-electron chi connectivity index (χ2n) is 4.90. The molecule has 0 atom stereocenters. The highest BCUT2D eigenvalue weighted by Crippen LogP contribution is 2.26. The third-order valence-electron chi connectivity index (χ3n) is 3.56. The van der Waals surface area contributed by atoms with Gasteiger partial charge in [0.25, 0.3) is 0 Å². The van der Waals surface area contributed by atoms with Crippen molar-refractivity contribution in [2.75, 3.05) is 12.4 Å². The van der Waals surface area contributed by atoms with Crippen molar-refractivity contribution in [3.8, 4) is 5.75 Å². The predicted octanol–water partition coefficient (Wildman–Crippen LogP) is 3.56. The van der Waals surface area contributed by atoms with Crippen LogP contribution in [0, 0.1) is 6.92 Å². The summed E-state index contributed by atoms with van der Waals surface area (Å²) >= 11 is 0. The van der Waals surface area contributed by atoms with Crippen molar-refractivity contribution in [3.63, 3.8) is 0 Å². The molecule has 0 aliphatic rings. The standard InChI is InChI=1S/C17H17N3O/c1-12-10-18-7-5-14(12)11-20-17-16-9-15(21-2)4-3-13(16)6-8-19-17/h3-10H,11H2,1-2H3,(H,19,20). The summed E-state index contributed by atoms with van der Waals surface area (Å²) in [6, 6.07) is 10.0. The molecule has 0 spiro atoms. The number of ether oxygens (including phenoxy) is 1. The first kappa shape index (κ1) is 13.4. The molecule has 1 N–H and O–H groups in total. The fourth-order valence-corrected chi connectivity index (χ4v) is 2.29. The molecule has 0 fully saturated rings. The quantitative estimate of drug-likeness (QED) is 0.793. The van der Waals surface area contributed by atoms with Crippen LogP contribution in [-0.2, 0) is 6.54 Å². The van der Waals surface area contributed by atoms with Gasteiger partial charge < -0.3 is 10.1 Å². The number of fused-ring (bicyclic) bond motifs is 1. The Hall–Kier alpha value is -2.62. The van der Waals surface area contributed by atoms with Crippen molar-refractivity contribution in [1.29, 1.82) is 0 Å². The van der Waals surface area contributed by atoms with E-state index in [4.69, 9.17) is 4.74 Å². The van der Waals surface area contributed by atoms with Crippen LogP contribution in [0.3, 0.4) is 0 Å². The van der Waals surface area contributed by atoms with E-state index in [0.29, 0.717) is 0 Å². The van der Waals surface area contributed by atoms with Gasteiger partial charge in [-0.25, -0.2) is 4.98 Å². The van der Waals surface area contributed by atoms with Crippen molar-refractivity contribution in [1.82, 2.24) is 9.97 Å². The molecule has 4 nitrogen and oxygen atoms in total. The SMILES string of the molecule is COc1ccc2ccnc(NCc3ccncc3C)c2c1. The molecule has 0 aliphatic heterocycles. The van der Waals surface area contributed by atoms with E-state index in [1.807, 2.05) is 48.9 Å². The second kappa shape index (κ2) is 5.79. The van der Waals surface area contributed by atoms with Gasteiger partial charge in [-0.1, -0.05) is 6.07 Å². The van der Waals surface area contributed by atoms with Crippen molar-refractivity contribution in [2.24, 2.45) is 0 Å². The highest BCUT2D eigenvalue weighted by atomic mass is 16.5. The lowest BCUT2D eigenvalue weighted by Crippen LogP contribution is -2.03. The lowest BCUT2D eigenvalue weighted by Gasteiger charge is -2.11. The fraction of sp³-hybridized carbons (Fsp3) is 0.176. The molecule has 3 aromatic rings. The topological polar surface area (TPSA) is 47.0 Å². The maximum Gasteiger partial charge on any atom is 0.134 e. The van der Waals surface area contributed by atoms with Gasteiger partial charge in [0.1, 0.15) is 11.6 Å². The summed E-state index contributed by atoms with van der Waals surface area (Å²) in [4.78, 5) is 8.56. The number of rotatable bonds is 4. The van der Waals surface area contributed by atoms with Crippen LogP contribution in [0.15, 0.2) is 48.9 Å². The van der Waals surface area contributed by atoms with Gasteiger partial charge in [-0.05, 0) is 47.7 Å². The number of aromatic nitrogens is 2. The normalized spacial score (nSPS) is 10.6. The summed E-state index contributed by atoms with van der Waals surface area (Å²) in [5.41, 5.74) is 2.38. The van der Waals surface area contributed by atoms with E-state index < -0.39 is 0 Å². The summed E-state index contributed by atoms with van der Waals surface area (Å²) in [5.74, 6) is 1.70. The minimum atomic E-state index is 0.720. The average Bonchev–Trinajstić information content (AvgIpc) is 2.53.